The number of thiol groups is 1. The van der Waals surface area contributed by atoms with E-state index in [4.69, 9.17) is 0 Å². The number of rotatable bonds is 0. The summed E-state index contributed by atoms with van der Waals surface area (Å²) >= 11 is 6.60. The van der Waals surface area contributed by atoms with E-state index >= 15 is 0 Å². The van der Waals surface area contributed by atoms with E-state index in [1.807, 2.05) is 11.0 Å². The molecule has 4 heteroatoms. The lowest BCUT2D eigenvalue weighted by molar-refractivity contribution is -0.116. The van der Waals surface area contributed by atoms with Crippen LogP contribution in [0.2, 0.25) is 0 Å². The van der Waals surface area contributed by atoms with Crippen molar-refractivity contribution in [2.45, 2.75) is 18.2 Å². The van der Waals surface area contributed by atoms with E-state index < -0.39 is 0 Å². The molecule has 0 bridgehead atoms. The SMILES string of the molecule is CC(=O)N1CCc2cc(S)c(I)cc21. The second kappa shape index (κ2) is 3.73. The van der Waals surface area contributed by atoms with Crippen molar-refractivity contribution in [1.82, 2.24) is 0 Å². The van der Waals surface area contributed by atoms with Crippen LogP contribution in [0.25, 0.3) is 0 Å². The van der Waals surface area contributed by atoms with Crippen molar-refractivity contribution in [1.29, 1.82) is 0 Å². The maximum absolute atomic E-state index is 11.3. The molecule has 0 atom stereocenters. The minimum atomic E-state index is 0.117. The summed E-state index contributed by atoms with van der Waals surface area (Å²) in [5, 5.41) is 0. The third-order valence-electron chi connectivity index (χ3n) is 2.42. The Balaban J connectivity index is 2.50. The summed E-state index contributed by atoms with van der Waals surface area (Å²) in [6.07, 6.45) is 0.944. The van der Waals surface area contributed by atoms with Crippen LogP contribution in [0.1, 0.15) is 12.5 Å². The summed E-state index contributed by atoms with van der Waals surface area (Å²) < 4.78 is 1.10. The Bertz CT molecular complexity index is 405. The van der Waals surface area contributed by atoms with Gasteiger partial charge in [-0.3, -0.25) is 4.79 Å². The predicted octanol–water partition coefficient (Wildman–Crippen LogP) is 2.49. The standard InChI is InChI=1S/C10H10INOS/c1-6(13)12-3-2-7-4-10(14)8(11)5-9(7)12/h4-5,14H,2-3H2,1H3. The van der Waals surface area contributed by atoms with E-state index in [9.17, 15) is 4.79 Å². The van der Waals surface area contributed by atoms with Crippen LogP contribution in [0.15, 0.2) is 17.0 Å². The molecular formula is C10H10INOS. The summed E-state index contributed by atoms with van der Waals surface area (Å²) in [6.45, 7) is 2.41. The van der Waals surface area contributed by atoms with Crippen molar-refractivity contribution < 1.29 is 4.79 Å². The molecule has 0 aromatic heterocycles. The lowest BCUT2D eigenvalue weighted by atomic mass is 10.2. The molecule has 1 heterocycles. The predicted molar refractivity (Wildman–Crippen MR) is 68.1 cm³/mol. The molecule has 1 aromatic rings. The number of hydrogen-bond donors (Lipinski definition) is 1. The molecule has 14 heavy (non-hydrogen) atoms. The number of benzene rings is 1. The highest BCUT2D eigenvalue weighted by atomic mass is 127. The topological polar surface area (TPSA) is 20.3 Å². The second-order valence-corrected chi connectivity index (χ2v) is 5.00. The van der Waals surface area contributed by atoms with E-state index in [0.29, 0.717) is 0 Å². The molecular weight excluding hydrogens is 309 g/mol. The Morgan fingerprint density at radius 2 is 2.29 bits per heavy atom. The summed E-state index contributed by atoms with van der Waals surface area (Å²) in [4.78, 5) is 14.1. The fraction of sp³-hybridized carbons (Fsp3) is 0.300. The van der Waals surface area contributed by atoms with E-state index in [1.54, 1.807) is 6.92 Å². The zero-order valence-electron chi connectivity index (χ0n) is 7.75. The molecule has 0 aliphatic carbocycles. The van der Waals surface area contributed by atoms with E-state index in [-0.39, 0.29) is 5.91 Å². The molecule has 0 saturated carbocycles. The second-order valence-electron chi connectivity index (χ2n) is 3.35. The van der Waals surface area contributed by atoms with Gasteiger partial charge in [0.05, 0.1) is 0 Å². The van der Waals surface area contributed by atoms with Crippen molar-refractivity contribution in [2.75, 3.05) is 11.4 Å². The fourth-order valence-electron chi connectivity index (χ4n) is 1.73. The zero-order valence-corrected chi connectivity index (χ0v) is 10.8. The summed E-state index contributed by atoms with van der Waals surface area (Å²) in [5.41, 5.74) is 2.28. The van der Waals surface area contributed by atoms with Crippen LogP contribution in [0.4, 0.5) is 5.69 Å². The van der Waals surface area contributed by atoms with Gasteiger partial charge in [-0.25, -0.2) is 0 Å². The normalized spacial score (nSPS) is 14.4. The van der Waals surface area contributed by atoms with Crippen LogP contribution in [0, 0.1) is 3.57 Å². The van der Waals surface area contributed by atoms with Crippen LogP contribution >= 0.6 is 35.2 Å². The Kier molecular flexibility index (Phi) is 2.74. The molecule has 1 aromatic carbocycles. The third kappa shape index (κ3) is 1.65. The highest BCUT2D eigenvalue weighted by molar-refractivity contribution is 14.1. The first-order valence-corrected chi connectivity index (χ1v) is 5.91. The van der Waals surface area contributed by atoms with Gasteiger partial charge in [-0.15, -0.1) is 12.6 Å². The fourth-order valence-corrected chi connectivity index (χ4v) is 2.40. The van der Waals surface area contributed by atoms with Crippen LogP contribution in [-0.2, 0) is 11.2 Å². The highest BCUT2D eigenvalue weighted by Gasteiger charge is 2.22. The molecule has 2 rings (SSSR count). The van der Waals surface area contributed by atoms with Crippen molar-refractivity contribution in [3.8, 4) is 0 Å². The lowest BCUT2D eigenvalue weighted by Crippen LogP contribution is -2.25. The third-order valence-corrected chi connectivity index (χ3v) is 4.11. The molecule has 0 fully saturated rings. The van der Waals surface area contributed by atoms with E-state index in [2.05, 4.69) is 41.3 Å². The van der Waals surface area contributed by atoms with Gasteiger partial charge in [0.25, 0.3) is 0 Å². The number of nitrogens with zero attached hydrogens (tertiary/aromatic N) is 1. The van der Waals surface area contributed by atoms with E-state index in [1.165, 1.54) is 5.56 Å². The molecule has 1 amide bonds. The molecule has 0 radical (unpaired) electrons. The molecule has 1 aliphatic rings. The van der Waals surface area contributed by atoms with Gasteiger partial charge in [0, 0.05) is 27.6 Å². The Labute approximate surface area is 102 Å². The van der Waals surface area contributed by atoms with Crippen molar-refractivity contribution in [2.24, 2.45) is 0 Å². The minimum Gasteiger partial charge on any atom is -0.312 e. The van der Waals surface area contributed by atoms with E-state index in [0.717, 1.165) is 27.1 Å². The number of fused-ring (bicyclic) bond motifs is 1. The Morgan fingerprint density at radius 3 is 2.93 bits per heavy atom. The number of halogens is 1. The van der Waals surface area contributed by atoms with Gasteiger partial charge in [-0.05, 0) is 46.7 Å². The maximum atomic E-state index is 11.3. The number of carbonyl (C=O) groups excluding carboxylic acids is 1. The van der Waals surface area contributed by atoms with Crippen molar-refractivity contribution in [3.63, 3.8) is 0 Å². The molecule has 1 aliphatic heterocycles. The molecule has 74 valence electrons. The molecule has 0 unspecified atom stereocenters. The Hall–Kier alpha value is -0.230. The average Bonchev–Trinajstić information content (AvgIpc) is 2.48. The summed E-state index contributed by atoms with van der Waals surface area (Å²) in [5.74, 6) is 0.117. The summed E-state index contributed by atoms with van der Waals surface area (Å²) in [7, 11) is 0. The number of anilines is 1. The van der Waals surface area contributed by atoms with Crippen LogP contribution in [0.5, 0.6) is 0 Å². The monoisotopic (exact) mass is 319 g/mol. The summed E-state index contributed by atoms with van der Waals surface area (Å²) in [6, 6.07) is 4.09. The van der Waals surface area contributed by atoms with Crippen LogP contribution < -0.4 is 4.90 Å². The van der Waals surface area contributed by atoms with Crippen LogP contribution in [0.3, 0.4) is 0 Å². The van der Waals surface area contributed by atoms with Gasteiger partial charge in [0.2, 0.25) is 5.91 Å². The zero-order chi connectivity index (χ0) is 10.3. The Morgan fingerprint density at radius 1 is 1.57 bits per heavy atom. The highest BCUT2D eigenvalue weighted by Crippen LogP contribution is 2.32. The first-order chi connectivity index (χ1) is 6.59. The van der Waals surface area contributed by atoms with Gasteiger partial charge < -0.3 is 4.90 Å². The lowest BCUT2D eigenvalue weighted by Gasteiger charge is -2.15. The van der Waals surface area contributed by atoms with Gasteiger partial charge in [0.1, 0.15) is 0 Å². The van der Waals surface area contributed by atoms with Gasteiger partial charge in [-0.2, -0.15) is 0 Å². The molecule has 0 N–H and O–H groups in total. The van der Waals surface area contributed by atoms with Crippen molar-refractivity contribution >= 4 is 46.8 Å². The molecule has 2 nitrogen and oxygen atoms in total. The average molecular weight is 319 g/mol. The van der Waals surface area contributed by atoms with Crippen molar-refractivity contribution in [3.05, 3.63) is 21.3 Å². The number of hydrogen-bond acceptors (Lipinski definition) is 2. The first-order valence-electron chi connectivity index (χ1n) is 4.39. The van der Waals surface area contributed by atoms with Gasteiger partial charge in [-0.1, -0.05) is 0 Å². The van der Waals surface area contributed by atoms with Gasteiger partial charge in [0.15, 0.2) is 0 Å². The minimum absolute atomic E-state index is 0.117. The maximum Gasteiger partial charge on any atom is 0.223 e. The smallest absolute Gasteiger partial charge is 0.223 e. The number of amides is 1. The largest absolute Gasteiger partial charge is 0.312 e. The first kappa shape index (κ1) is 10.3. The number of carbonyl (C=O) groups is 1. The van der Waals surface area contributed by atoms with Crippen LogP contribution in [-0.4, -0.2) is 12.5 Å². The molecule has 0 saturated heterocycles. The molecule has 0 spiro atoms. The quantitative estimate of drug-likeness (QED) is 0.575. The van der Waals surface area contributed by atoms with Gasteiger partial charge >= 0.3 is 0 Å².